The highest BCUT2D eigenvalue weighted by atomic mass is 28.3. The smallest absolute Gasteiger partial charge is 0.378 e. The zero-order valence-corrected chi connectivity index (χ0v) is 12.2. The number of allylic oxidation sites excluding steroid dienone is 2. The fraction of sp³-hybridized carbons (Fsp3) is 0.846. The molecule has 0 saturated heterocycles. The van der Waals surface area contributed by atoms with E-state index in [1.54, 1.807) is 0 Å². The van der Waals surface area contributed by atoms with Crippen LogP contribution in [0.5, 0.6) is 0 Å². The van der Waals surface area contributed by atoms with Gasteiger partial charge in [-0.2, -0.15) is 0 Å². The Morgan fingerprint density at radius 2 is 1.88 bits per heavy atom. The lowest BCUT2D eigenvalue weighted by atomic mass is 10.00. The predicted octanol–water partition coefficient (Wildman–Crippen LogP) is 3.76. The summed E-state index contributed by atoms with van der Waals surface area (Å²) in [6.45, 7) is 6.96. The topological polar surface area (TPSA) is 18.5 Å². The van der Waals surface area contributed by atoms with Gasteiger partial charge in [0.1, 0.15) is 0 Å². The van der Waals surface area contributed by atoms with Crippen LogP contribution in [-0.2, 0) is 8.85 Å². The van der Waals surface area contributed by atoms with Crippen LogP contribution in [-0.4, -0.2) is 15.9 Å². The maximum absolute atomic E-state index is 5.81. The highest BCUT2D eigenvalue weighted by Gasteiger charge is 2.12. The van der Waals surface area contributed by atoms with E-state index in [1.165, 1.54) is 38.5 Å². The molecule has 1 aliphatic carbocycles. The number of hydrogen-bond donors (Lipinski definition) is 0. The summed E-state index contributed by atoms with van der Waals surface area (Å²) in [6.07, 6.45) is 10.6. The summed E-state index contributed by atoms with van der Waals surface area (Å²) in [5.74, 6) is 1.82. The molecule has 1 aliphatic rings. The van der Waals surface area contributed by atoms with Crippen LogP contribution in [0.2, 0.25) is 6.55 Å². The molecule has 1 fully saturated rings. The SMILES string of the molecule is CCO[SiH](C)OC(C)=CC1CCCCCC1. The van der Waals surface area contributed by atoms with Gasteiger partial charge < -0.3 is 8.85 Å². The average Bonchev–Trinajstić information content (AvgIpc) is 2.46. The Bertz CT molecular complexity index is 208. The zero-order valence-electron chi connectivity index (χ0n) is 11.0. The first kappa shape index (κ1) is 13.8. The van der Waals surface area contributed by atoms with Gasteiger partial charge in [0.25, 0.3) is 0 Å². The van der Waals surface area contributed by atoms with Crippen molar-refractivity contribution >= 4 is 9.28 Å². The molecule has 0 radical (unpaired) electrons. The minimum atomic E-state index is -1.41. The van der Waals surface area contributed by atoms with Crippen LogP contribution in [0, 0.1) is 5.92 Å². The molecule has 0 N–H and O–H groups in total. The van der Waals surface area contributed by atoms with E-state index in [2.05, 4.69) is 19.5 Å². The average molecular weight is 242 g/mol. The fourth-order valence-electron chi connectivity index (χ4n) is 2.38. The summed E-state index contributed by atoms with van der Waals surface area (Å²) in [6, 6.07) is 0. The molecular formula is C13H26O2Si. The number of hydrogen-bond acceptors (Lipinski definition) is 2. The molecular weight excluding hydrogens is 216 g/mol. The molecule has 2 nitrogen and oxygen atoms in total. The largest absolute Gasteiger partial charge is 0.527 e. The first-order valence-electron chi connectivity index (χ1n) is 6.69. The molecule has 16 heavy (non-hydrogen) atoms. The Morgan fingerprint density at radius 1 is 1.25 bits per heavy atom. The summed E-state index contributed by atoms with van der Waals surface area (Å²) in [7, 11) is -1.41. The van der Waals surface area contributed by atoms with Crippen LogP contribution in [0.3, 0.4) is 0 Å². The van der Waals surface area contributed by atoms with Crippen molar-refractivity contribution in [2.45, 2.75) is 58.9 Å². The van der Waals surface area contributed by atoms with E-state index in [0.29, 0.717) is 0 Å². The van der Waals surface area contributed by atoms with Crippen molar-refractivity contribution in [3.05, 3.63) is 11.8 Å². The van der Waals surface area contributed by atoms with Gasteiger partial charge in [0.2, 0.25) is 0 Å². The Labute approximate surface area is 102 Å². The van der Waals surface area contributed by atoms with Crippen LogP contribution in [0.25, 0.3) is 0 Å². The lowest BCUT2D eigenvalue weighted by Gasteiger charge is -2.16. The molecule has 94 valence electrons. The molecule has 0 aromatic heterocycles. The van der Waals surface area contributed by atoms with Gasteiger partial charge >= 0.3 is 9.28 Å². The summed E-state index contributed by atoms with van der Waals surface area (Å²) in [5.41, 5.74) is 0. The molecule has 0 amide bonds. The number of rotatable bonds is 5. The molecule has 0 aromatic carbocycles. The first-order valence-corrected chi connectivity index (χ1v) is 8.78. The minimum Gasteiger partial charge on any atom is -0.527 e. The molecule has 1 saturated carbocycles. The molecule has 1 atom stereocenters. The van der Waals surface area contributed by atoms with Gasteiger partial charge in [0.05, 0.1) is 5.76 Å². The van der Waals surface area contributed by atoms with Gasteiger partial charge in [0.15, 0.2) is 0 Å². The van der Waals surface area contributed by atoms with E-state index in [4.69, 9.17) is 8.85 Å². The Morgan fingerprint density at radius 3 is 2.44 bits per heavy atom. The van der Waals surface area contributed by atoms with E-state index in [0.717, 1.165) is 18.3 Å². The second-order valence-electron chi connectivity index (χ2n) is 4.67. The van der Waals surface area contributed by atoms with Crippen LogP contribution in [0.15, 0.2) is 11.8 Å². The first-order chi connectivity index (χ1) is 7.72. The molecule has 0 heterocycles. The highest BCUT2D eigenvalue weighted by Crippen LogP contribution is 2.25. The van der Waals surface area contributed by atoms with Crippen molar-refractivity contribution in [1.82, 2.24) is 0 Å². The van der Waals surface area contributed by atoms with E-state index >= 15 is 0 Å². The molecule has 0 aromatic rings. The third-order valence-electron chi connectivity index (χ3n) is 3.12. The fourth-order valence-corrected chi connectivity index (χ4v) is 3.52. The Hall–Kier alpha value is -0.283. The second-order valence-corrected chi connectivity index (χ2v) is 6.37. The Kier molecular flexibility index (Phi) is 6.81. The van der Waals surface area contributed by atoms with Crippen LogP contribution in [0.1, 0.15) is 52.4 Å². The van der Waals surface area contributed by atoms with Gasteiger partial charge in [-0.25, -0.2) is 0 Å². The van der Waals surface area contributed by atoms with Gasteiger partial charge in [0, 0.05) is 6.61 Å². The summed E-state index contributed by atoms with van der Waals surface area (Å²) >= 11 is 0. The van der Waals surface area contributed by atoms with E-state index < -0.39 is 9.28 Å². The standard InChI is InChI=1S/C13H26O2Si/c1-4-14-16(3)15-12(2)11-13-9-7-5-6-8-10-13/h11,13,16H,4-10H2,1-3H3. The molecule has 0 spiro atoms. The lowest BCUT2D eigenvalue weighted by Crippen LogP contribution is -2.17. The van der Waals surface area contributed by atoms with Crippen LogP contribution in [0.4, 0.5) is 0 Å². The summed E-state index contributed by atoms with van der Waals surface area (Å²) in [4.78, 5) is 0. The molecule has 3 heteroatoms. The summed E-state index contributed by atoms with van der Waals surface area (Å²) in [5, 5.41) is 0. The predicted molar refractivity (Wildman–Crippen MR) is 70.7 cm³/mol. The van der Waals surface area contributed by atoms with Crippen molar-refractivity contribution in [3.8, 4) is 0 Å². The van der Waals surface area contributed by atoms with Crippen molar-refractivity contribution in [3.63, 3.8) is 0 Å². The van der Waals surface area contributed by atoms with Crippen LogP contribution < -0.4 is 0 Å². The zero-order chi connectivity index (χ0) is 11.8. The van der Waals surface area contributed by atoms with E-state index in [-0.39, 0.29) is 0 Å². The lowest BCUT2D eigenvalue weighted by molar-refractivity contribution is 0.252. The molecule has 1 unspecified atom stereocenters. The quantitative estimate of drug-likeness (QED) is 0.415. The molecule has 1 rings (SSSR count). The third-order valence-corrected chi connectivity index (χ3v) is 4.63. The monoisotopic (exact) mass is 242 g/mol. The van der Waals surface area contributed by atoms with Crippen LogP contribution >= 0.6 is 0 Å². The van der Waals surface area contributed by atoms with Gasteiger partial charge in [-0.15, -0.1) is 0 Å². The third kappa shape index (κ3) is 5.71. The maximum Gasteiger partial charge on any atom is 0.378 e. The Balaban J connectivity index is 2.35. The normalized spacial score (nSPS) is 21.6. The van der Waals surface area contributed by atoms with Crippen molar-refractivity contribution < 1.29 is 8.85 Å². The molecule has 0 aliphatic heterocycles. The van der Waals surface area contributed by atoms with Gasteiger partial charge in [-0.05, 0) is 45.2 Å². The maximum atomic E-state index is 5.81. The molecule has 0 bridgehead atoms. The highest BCUT2D eigenvalue weighted by molar-refractivity contribution is 6.42. The van der Waals surface area contributed by atoms with E-state index in [9.17, 15) is 0 Å². The van der Waals surface area contributed by atoms with Gasteiger partial charge in [-0.3, -0.25) is 0 Å². The minimum absolute atomic E-state index is 0.741. The van der Waals surface area contributed by atoms with Crippen molar-refractivity contribution in [1.29, 1.82) is 0 Å². The van der Waals surface area contributed by atoms with Crippen molar-refractivity contribution in [2.24, 2.45) is 5.92 Å². The second kappa shape index (κ2) is 7.90. The summed E-state index contributed by atoms with van der Waals surface area (Å²) < 4.78 is 11.3. The van der Waals surface area contributed by atoms with Gasteiger partial charge in [-0.1, -0.05) is 25.7 Å². The van der Waals surface area contributed by atoms with Crippen molar-refractivity contribution in [2.75, 3.05) is 6.61 Å². The van der Waals surface area contributed by atoms with E-state index in [1.807, 2.05) is 6.92 Å².